The van der Waals surface area contributed by atoms with E-state index in [1.54, 1.807) is 18.2 Å². The van der Waals surface area contributed by atoms with Crippen LogP contribution >= 0.6 is 0 Å². The third kappa shape index (κ3) is 3.76. The van der Waals surface area contributed by atoms with Crippen LogP contribution in [-0.2, 0) is 17.4 Å². The first-order valence-electron chi connectivity index (χ1n) is 12.0. The number of imidazole rings is 1. The number of halogens is 1. The van der Waals surface area contributed by atoms with Gasteiger partial charge in [0.05, 0.1) is 11.4 Å². The molecule has 2 saturated heterocycles. The molecule has 2 aromatic rings. The summed E-state index contributed by atoms with van der Waals surface area (Å²) in [5.74, 6) is 1.78. The molecule has 1 atom stereocenters. The number of likely N-dealkylation sites (tertiary alicyclic amines) is 1. The SMILES string of the molecule is C/C=C/C(=O)N1CCC2(CC1)Oc1ccc(F)cc1-c1nc(C3CCNC(C)(C)C3)n(C)c12. The molecule has 176 valence electrons. The molecule has 3 aliphatic rings. The molecule has 2 fully saturated rings. The van der Waals surface area contributed by atoms with Gasteiger partial charge < -0.3 is 19.5 Å². The summed E-state index contributed by atoms with van der Waals surface area (Å²) in [5.41, 5.74) is 2.04. The topological polar surface area (TPSA) is 59.4 Å². The number of allylic oxidation sites excluding steroid dienone is 1. The van der Waals surface area contributed by atoms with Crippen LogP contribution in [0.2, 0.25) is 0 Å². The van der Waals surface area contributed by atoms with Crippen LogP contribution in [0.5, 0.6) is 5.75 Å². The Labute approximate surface area is 194 Å². The second-order valence-corrected chi connectivity index (χ2v) is 10.3. The Balaban J connectivity index is 1.58. The Morgan fingerprint density at radius 2 is 2.06 bits per heavy atom. The summed E-state index contributed by atoms with van der Waals surface area (Å²) in [6, 6.07) is 4.70. The average Bonchev–Trinajstić information content (AvgIpc) is 3.13. The number of amides is 1. The van der Waals surface area contributed by atoms with Crippen molar-refractivity contribution in [3.8, 4) is 17.0 Å². The largest absolute Gasteiger partial charge is 0.480 e. The van der Waals surface area contributed by atoms with Crippen LogP contribution in [0.25, 0.3) is 11.3 Å². The first kappa shape index (κ1) is 22.1. The van der Waals surface area contributed by atoms with Crippen molar-refractivity contribution in [2.45, 2.75) is 63.5 Å². The smallest absolute Gasteiger partial charge is 0.246 e. The van der Waals surface area contributed by atoms with Crippen molar-refractivity contribution in [1.82, 2.24) is 19.8 Å². The number of nitrogens with one attached hydrogen (secondary N) is 1. The van der Waals surface area contributed by atoms with Gasteiger partial charge in [-0.1, -0.05) is 6.08 Å². The van der Waals surface area contributed by atoms with Gasteiger partial charge in [-0.15, -0.1) is 0 Å². The molecule has 0 radical (unpaired) electrons. The predicted octanol–water partition coefficient (Wildman–Crippen LogP) is 4.26. The van der Waals surface area contributed by atoms with Gasteiger partial charge in [0.25, 0.3) is 0 Å². The fourth-order valence-electron chi connectivity index (χ4n) is 5.90. The minimum atomic E-state index is -0.574. The van der Waals surface area contributed by atoms with Crippen molar-refractivity contribution in [2.75, 3.05) is 19.6 Å². The maximum absolute atomic E-state index is 14.2. The molecule has 1 aromatic carbocycles. The molecule has 33 heavy (non-hydrogen) atoms. The van der Waals surface area contributed by atoms with Crippen molar-refractivity contribution in [3.63, 3.8) is 0 Å². The summed E-state index contributed by atoms with van der Waals surface area (Å²) < 4.78 is 23.1. The summed E-state index contributed by atoms with van der Waals surface area (Å²) in [7, 11) is 2.07. The van der Waals surface area contributed by atoms with Crippen LogP contribution in [0, 0.1) is 5.82 Å². The van der Waals surface area contributed by atoms with E-state index in [4.69, 9.17) is 9.72 Å². The third-order valence-corrected chi connectivity index (χ3v) is 7.47. The summed E-state index contributed by atoms with van der Waals surface area (Å²) in [5, 5.41) is 3.59. The van der Waals surface area contributed by atoms with Crippen LogP contribution in [0.4, 0.5) is 4.39 Å². The number of nitrogens with zero attached hydrogens (tertiary/aromatic N) is 3. The lowest BCUT2D eigenvalue weighted by molar-refractivity contribution is -0.130. The van der Waals surface area contributed by atoms with Gasteiger partial charge in [-0.2, -0.15) is 0 Å². The molecule has 1 aromatic heterocycles. The fraction of sp³-hybridized carbons (Fsp3) is 0.538. The Bertz CT molecular complexity index is 1110. The molecule has 3 aliphatic heterocycles. The second kappa shape index (κ2) is 7.97. The van der Waals surface area contributed by atoms with Crippen LogP contribution in [0.15, 0.2) is 30.4 Å². The number of hydrogen-bond donors (Lipinski definition) is 1. The summed E-state index contributed by atoms with van der Waals surface area (Å²) in [6.45, 7) is 8.49. The van der Waals surface area contributed by atoms with Crippen LogP contribution < -0.4 is 10.1 Å². The van der Waals surface area contributed by atoms with E-state index < -0.39 is 5.60 Å². The Hall–Kier alpha value is -2.67. The number of aromatic nitrogens is 2. The Morgan fingerprint density at radius 3 is 2.76 bits per heavy atom. The highest BCUT2D eigenvalue weighted by molar-refractivity contribution is 5.87. The highest BCUT2D eigenvalue weighted by Crippen LogP contribution is 2.50. The van der Waals surface area contributed by atoms with E-state index in [9.17, 15) is 9.18 Å². The molecule has 1 amide bonds. The van der Waals surface area contributed by atoms with E-state index in [-0.39, 0.29) is 17.3 Å². The molecular weight excluding hydrogens is 419 g/mol. The Morgan fingerprint density at radius 1 is 1.30 bits per heavy atom. The molecule has 0 bridgehead atoms. The maximum Gasteiger partial charge on any atom is 0.246 e. The van der Waals surface area contributed by atoms with E-state index >= 15 is 0 Å². The number of fused-ring (bicyclic) bond motifs is 4. The number of piperidine rings is 2. The van der Waals surface area contributed by atoms with E-state index in [1.807, 2.05) is 11.8 Å². The van der Waals surface area contributed by atoms with E-state index in [2.05, 4.69) is 30.8 Å². The van der Waals surface area contributed by atoms with Gasteiger partial charge in [-0.25, -0.2) is 9.37 Å². The number of carbonyl (C=O) groups excluding carboxylic acids is 1. The Kier molecular flexibility index (Phi) is 5.35. The van der Waals surface area contributed by atoms with Gasteiger partial charge in [0.1, 0.15) is 17.4 Å². The molecule has 0 aliphatic carbocycles. The lowest BCUT2D eigenvalue weighted by Crippen LogP contribution is -2.49. The lowest BCUT2D eigenvalue weighted by atomic mass is 9.82. The van der Waals surface area contributed by atoms with E-state index in [0.717, 1.165) is 42.2 Å². The van der Waals surface area contributed by atoms with Gasteiger partial charge in [-0.05, 0) is 64.4 Å². The van der Waals surface area contributed by atoms with Crippen molar-refractivity contribution >= 4 is 5.91 Å². The summed E-state index contributed by atoms with van der Waals surface area (Å²) >= 11 is 0. The van der Waals surface area contributed by atoms with Crippen molar-refractivity contribution in [3.05, 3.63) is 47.7 Å². The number of hydrogen-bond acceptors (Lipinski definition) is 4. The zero-order valence-electron chi connectivity index (χ0n) is 19.9. The van der Waals surface area contributed by atoms with E-state index in [0.29, 0.717) is 37.6 Å². The predicted molar refractivity (Wildman–Crippen MR) is 126 cm³/mol. The molecule has 7 heteroatoms. The van der Waals surface area contributed by atoms with E-state index in [1.165, 1.54) is 12.1 Å². The van der Waals surface area contributed by atoms with Gasteiger partial charge in [0.15, 0.2) is 5.60 Å². The standard InChI is InChI=1S/C26H33FN4O2/c1-5-6-21(32)31-13-10-26(11-14-31)23-22(19-15-18(27)7-8-20(19)33-26)29-24(30(23)4)17-9-12-28-25(2,3)16-17/h5-8,15,17,28H,9-14,16H2,1-4H3/b6-5+. The highest BCUT2D eigenvalue weighted by Gasteiger charge is 2.48. The molecule has 1 spiro atoms. The van der Waals surface area contributed by atoms with Crippen molar-refractivity contribution in [2.24, 2.45) is 7.05 Å². The number of carbonyl (C=O) groups is 1. The molecule has 6 nitrogen and oxygen atoms in total. The lowest BCUT2D eigenvalue weighted by Gasteiger charge is -2.44. The molecule has 1 N–H and O–H groups in total. The second-order valence-electron chi connectivity index (χ2n) is 10.3. The molecular formula is C26H33FN4O2. The summed E-state index contributed by atoms with van der Waals surface area (Å²) in [4.78, 5) is 19.5. The first-order chi connectivity index (χ1) is 15.7. The molecule has 1 unspecified atom stereocenters. The van der Waals surface area contributed by atoms with Gasteiger partial charge in [-0.3, -0.25) is 4.79 Å². The fourth-order valence-corrected chi connectivity index (χ4v) is 5.90. The highest BCUT2D eigenvalue weighted by atomic mass is 19.1. The third-order valence-electron chi connectivity index (χ3n) is 7.47. The van der Waals surface area contributed by atoms with Crippen LogP contribution in [0.1, 0.15) is 63.9 Å². The number of rotatable bonds is 2. The summed E-state index contributed by atoms with van der Waals surface area (Å²) in [6.07, 6.45) is 6.76. The van der Waals surface area contributed by atoms with Crippen LogP contribution in [-0.4, -0.2) is 45.5 Å². The first-order valence-corrected chi connectivity index (χ1v) is 12.0. The number of ether oxygens (including phenoxy) is 1. The monoisotopic (exact) mass is 452 g/mol. The van der Waals surface area contributed by atoms with Crippen molar-refractivity contribution < 1.29 is 13.9 Å². The van der Waals surface area contributed by atoms with Gasteiger partial charge in [0, 0.05) is 50.0 Å². The normalized spacial score (nSPS) is 23.3. The molecule has 4 heterocycles. The average molecular weight is 453 g/mol. The molecule has 0 saturated carbocycles. The van der Waals surface area contributed by atoms with Gasteiger partial charge >= 0.3 is 0 Å². The maximum atomic E-state index is 14.2. The quantitative estimate of drug-likeness (QED) is 0.692. The van der Waals surface area contributed by atoms with Crippen LogP contribution in [0.3, 0.4) is 0 Å². The van der Waals surface area contributed by atoms with Gasteiger partial charge in [0.2, 0.25) is 5.91 Å². The zero-order valence-corrected chi connectivity index (χ0v) is 19.9. The number of benzene rings is 1. The molecule has 5 rings (SSSR count). The van der Waals surface area contributed by atoms with Crippen molar-refractivity contribution in [1.29, 1.82) is 0 Å². The minimum Gasteiger partial charge on any atom is -0.480 e. The minimum absolute atomic E-state index is 0.0356. The zero-order chi connectivity index (χ0) is 23.4.